The number of phenolic OH excluding ortho intramolecular Hbond substituents is 1. The Morgan fingerprint density at radius 3 is 2.64 bits per heavy atom. The third-order valence-electron chi connectivity index (χ3n) is 9.32. The summed E-state index contributed by atoms with van der Waals surface area (Å²) >= 11 is 6.04. The molecule has 1 aromatic heterocycles. The van der Waals surface area contributed by atoms with Gasteiger partial charge in [0.05, 0.1) is 10.6 Å². The lowest BCUT2D eigenvalue weighted by Gasteiger charge is -2.30. The molecule has 3 atom stereocenters. The molecule has 0 radical (unpaired) electrons. The van der Waals surface area contributed by atoms with Crippen LogP contribution in [0.15, 0.2) is 66.9 Å². The number of fused-ring (bicyclic) bond motifs is 1. The molecule has 6 rings (SSSR count). The van der Waals surface area contributed by atoms with Gasteiger partial charge in [0, 0.05) is 42.7 Å². The molecule has 1 aliphatic heterocycles. The molecule has 1 aliphatic carbocycles. The fraction of sp³-hybridized carbons (Fsp3) is 0.361. The molecule has 1 unspecified atom stereocenters. The summed E-state index contributed by atoms with van der Waals surface area (Å²) in [6.45, 7) is 4.27. The van der Waals surface area contributed by atoms with Crippen molar-refractivity contribution in [3.8, 4) is 17.2 Å². The number of carbonyl (C=O) groups is 3. The van der Waals surface area contributed by atoms with E-state index in [-0.39, 0.29) is 35.0 Å². The van der Waals surface area contributed by atoms with Crippen LogP contribution in [0.25, 0.3) is 10.9 Å². The maximum atomic E-state index is 14.0. The van der Waals surface area contributed by atoms with Gasteiger partial charge in [0.25, 0.3) is 5.91 Å². The van der Waals surface area contributed by atoms with E-state index in [1.807, 2.05) is 30.5 Å². The number of hydrogen-bond donors (Lipinski definition) is 2. The number of hydrogen-bond acceptors (Lipinski definition) is 5. The number of H-pyrrole nitrogens is 1. The molecule has 0 spiro atoms. The Bertz CT molecular complexity index is 1750. The van der Waals surface area contributed by atoms with E-state index in [2.05, 4.69) is 11.9 Å². The number of aromatic hydroxyl groups is 1. The predicted octanol–water partition coefficient (Wildman–Crippen LogP) is 8.11. The van der Waals surface area contributed by atoms with E-state index in [4.69, 9.17) is 16.3 Å². The number of imide groups is 1. The fourth-order valence-electron chi connectivity index (χ4n) is 6.86. The van der Waals surface area contributed by atoms with Gasteiger partial charge in [-0.05, 0) is 73.1 Å². The SMILES string of the molecule is CC[C@@H]1CCCC(CN2C(=O)[C@H](Cc3c[nH]c4ccccc34)N(Cc3ccc(Oc4ccc(O)c(Cl)c4)c(C(C)=O)c3)C2=O)C1. The Morgan fingerprint density at radius 1 is 1.07 bits per heavy atom. The van der Waals surface area contributed by atoms with Gasteiger partial charge in [0.1, 0.15) is 23.3 Å². The Balaban J connectivity index is 1.29. The first-order chi connectivity index (χ1) is 21.7. The van der Waals surface area contributed by atoms with Crippen LogP contribution in [0.5, 0.6) is 17.2 Å². The highest BCUT2D eigenvalue weighted by Crippen LogP contribution is 2.36. The van der Waals surface area contributed by atoms with E-state index in [0.29, 0.717) is 47.4 Å². The minimum absolute atomic E-state index is 0.0686. The number of benzene rings is 3. The van der Waals surface area contributed by atoms with Crippen LogP contribution in [0.4, 0.5) is 4.79 Å². The summed E-state index contributed by atoms with van der Waals surface area (Å²) in [5.74, 6) is 1.20. The quantitative estimate of drug-likeness (QED) is 0.137. The number of amides is 3. The molecule has 1 saturated carbocycles. The van der Waals surface area contributed by atoms with Crippen LogP contribution in [-0.2, 0) is 17.8 Å². The molecule has 3 aromatic carbocycles. The number of phenols is 1. The molecule has 8 nitrogen and oxygen atoms in total. The molecule has 0 bridgehead atoms. The van der Waals surface area contributed by atoms with Crippen molar-refractivity contribution in [1.29, 1.82) is 0 Å². The molecule has 2 heterocycles. The molecule has 4 aromatic rings. The number of halogens is 1. The van der Waals surface area contributed by atoms with Gasteiger partial charge in [-0.2, -0.15) is 0 Å². The molecule has 2 aliphatic rings. The van der Waals surface area contributed by atoms with E-state index in [9.17, 15) is 19.5 Å². The van der Waals surface area contributed by atoms with Gasteiger partial charge < -0.3 is 19.7 Å². The van der Waals surface area contributed by atoms with Crippen molar-refractivity contribution in [3.05, 3.63) is 88.6 Å². The minimum Gasteiger partial charge on any atom is -0.506 e. The van der Waals surface area contributed by atoms with Crippen molar-refractivity contribution >= 4 is 40.2 Å². The molecule has 2 fully saturated rings. The standard InChI is InChI=1S/C36H38ClN3O5/c1-3-23-7-6-8-24(15-23)21-40-35(43)32(17-26-19-38-31-10-5-4-9-28(26)31)39(36(40)44)20-25-11-14-34(29(16-25)22(2)41)45-27-12-13-33(42)30(37)18-27/h4-5,9-14,16,18-19,23-24,32,38,42H,3,6-8,15,17,20-21H2,1-2H3/t23-,24?,32+/m1/s1. The Labute approximate surface area is 267 Å². The second-order valence-corrected chi connectivity index (χ2v) is 12.8. The number of para-hydroxylation sites is 1. The Hall–Kier alpha value is -4.30. The van der Waals surface area contributed by atoms with Crippen molar-refractivity contribution in [2.24, 2.45) is 11.8 Å². The minimum atomic E-state index is -0.668. The number of rotatable bonds is 10. The average molecular weight is 628 g/mol. The molecule has 234 valence electrons. The molecular formula is C36H38ClN3O5. The van der Waals surface area contributed by atoms with Gasteiger partial charge in [0.15, 0.2) is 5.78 Å². The summed E-state index contributed by atoms with van der Waals surface area (Å²) in [4.78, 5) is 47.2. The van der Waals surface area contributed by atoms with Crippen LogP contribution >= 0.6 is 11.6 Å². The zero-order valence-corrected chi connectivity index (χ0v) is 26.3. The van der Waals surface area contributed by atoms with Crippen molar-refractivity contribution in [1.82, 2.24) is 14.8 Å². The van der Waals surface area contributed by atoms with E-state index >= 15 is 0 Å². The number of ketones is 1. The highest BCUT2D eigenvalue weighted by molar-refractivity contribution is 6.32. The number of ether oxygens (including phenoxy) is 1. The Kier molecular flexibility index (Phi) is 8.85. The summed E-state index contributed by atoms with van der Waals surface area (Å²) in [6.07, 6.45) is 7.82. The zero-order valence-electron chi connectivity index (χ0n) is 25.6. The van der Waals surface area contributed by atoms with E-state index in [1.165, 1.54) is 30.4 Å². The number of aromatic amines is 1. The van der Waals surface area contributed by atoms with Crippen molar-refractivity contribution in [2.45, 2.75) is 65.0 Å². The normalized spacial score (nSPS) is 20.3. The third-order valence-corrected chi connectivity index (χ3v) is 9.63. The molecule has 2 N–H and O–H groups in total. The van der Waals surface area contributed by atoms with Crippen LogP contribution in [0.3, 0.4) is 0 Å². The topological polar surface area (TPSA) is 103 Å². The lowest BCUT2D eigenvalue weighted by atomic mass is 9.80. The monoisotopic (exact) mass is 627 g/mol. The summed E-state index contributed by atoms with van der Waals surface area (Å²) in [5.41, 5.74) is 3.02. The summed E-state index contributed by atoms with van der Waals surface area (Å²) in [5, 5.41) is 10.9. The number of nitrogens with one attached hydrogen (secondary N) is 1. The van der Waals surface area contributed by atoms with Gasteiger partial charge in [-0.25, -0.2) is 4.79 Å². The van der Waals surface area contributed by atoms with Gasteiger partial charge in [-0.3, -0.25) is 14.5 Å². The maximum absolute atomic E-state index is 14.0. The first kappa shape index (κ1) is 30.7. The highest BCUT2D eigenvalue weighted by Gasteiger charge is 2.46. The second-order valence-electron chi connectivity index (χ2n) is 12.3. The highest BCUT2D eigenvalue weighted by atomic mass is 35.5. The molecule has 45 heavy (non-hydrogen) atoms. The predicted molar refractivity (Wildman–Crippen MR) is 174 cm³/mol. The number of Topliss-reactive ketones (excluding diaryl/α,β-unsaturated/α-hetero) is 1. The molecule has 3 amide bonds. The molecule has 9 heteroatoms. The van der Waals surface area contributed by atoms with Gasteiger partial charge >= 0.3 is 6.03 Å². The van der Waals surface area contributed by atoms with Crippen molar-refractivity contribution < 1.29 is 24.2 Å². The van der Waals surface area contributed by atoms with Gasteiger partial charge in [-0.1, -0.05) is 62.1 Å². The first-order valence-corrected chi connectivity index (χ1v) is 16.1. The molecule has 1 saturated heterocycles. The number of carbonyl (C=O) groups excluding carboxylic acids is 3. The fourth-order valence-corrected chi connectivity index (χ4v) is 7.03. The van der Waals surface area contributed by atoms with Crippen molar-refractivity contribution in [3.63, 3.8) is 0 Å². The second kappa shape index (κ2) is 13.0. The van der Waals surface area contributed by atoms with E-state index < -0.39 is 6.04 Å². The van der Waals surface area contributed by atoms with E-state index in [0.717, 1.165) is 42.1 Å². The number of aromatic nitrogens is 1. The van der Waals surface area contributed by atoms with Crippen LogP contribution in [-0.4, -0.2) is 50.2 Å². The van der Waals surface area contributed by atoms with Crippen LogP contribution in [0.1, 0.15) is 67.4 Å². The van der Waals surface area contributed by atoms with Crippen LogP contribution < -0.4 is 4.74 Å². The van der Waals surface area contributed by atoms with E-state index in [1.54, 1.807) is 29.2 Å². The lowest BCUT2D eigenvalue weighted by Crippen LogP contribution is -2.37. The summed E-state index contributed by atoms with van der Waals surface area (Å²) in [6, 6.07) is 16.7. The van der Waals surface area contributed by atoms with Crippen LogP contribution in [0, 0.1) is 11.8 Å². The maximum Gasteiger partial charge on any atom is 0.327 e. The Morgan fingerprint density at radius 2 is 1.87 bits per heavy atom. The van der Waals surface area contributed by atoms with Gasteiger partial charge in [0.2, 0.25) is 0 Å². The lowest BCUT2D eigenvalue weighted by molar-refractivity contribution is -0.128. The number of urea groups is 1. The molecular weight excluding hydrogens is 590 g/mol. The smallest absolute Gasteiger partial charge is 0.327 e. The average Bonchev–Trinajstić information content (AvgIpc) is 3.54. The van der Waals surface area contributed by atoms with Crippen LogP contribution in [0.2, 0.25) is 5.02 Å². The van der Waals surface area contributed by atoms with Crippen molar-refractivity contribution in [2.75, 3.05) is 6.54 Å². The first-order valence-electron chi connectivity index (χ1n) is 15.7. The zero-order chi connectivity index (χ0) is 31.7. The number of nitrogens with zero attached hydrogens (tertiary/aromatic N) is 2. The largest absolute Gasteiger partial charge is 0.506 e. The van der Waals surface area contributed by atoms with Gasteiger partial charge in [-0.15, -0.1) is 0 Å². The summed E-state index contributed by atoms with van der Waals surface area (Å²) in [7, 11) is 0. The third kappa shape index (κ3) is 6.43. The summed E-state index contributed by atoms with van der Waals surface area (Å²) < 4.78 is 5.96.